The van der Waals surface area contributed by atoms with Crippen LogP contribution in [0, 0.1) is 0 Å². The van der Waals surface area contributed by atoms with Crippen LogP contribution in [0.3, 0.4) is 0 Å². The van der Waals surface area contributed by atoms with Gasteiger partial charge in [-0.1, -0.05) is 0 Å². The number of Topliss-reactive ketones (excluding diaryl/α,β-unsaturated/α-hetero) is 1. The van der Waals surface area contributed by atoms with Gasteiger partial charge < -0.3 is 4.74 Å². The van der Waals surface area contributed by atoms with Crippen molar-refractivity contribution in [1.29, 1.82) is 0 Å². The summed E-state index contributed by atoms with van der Waals surface area (Å²) in [5.41, 5.74) is 0.668. The number of hydrogen-bond acceptors (Lipinski definition) is 3. The first-order valence-corrected chi connectivity index (χ1v) is 3.90. The number of ether oxygens (including phenoxy) is 1. The molecule has 0 unspecified atom stereocenters. The molecule has 12 heavy (non-hydrogen) atoms. The Hall–Kier alpha value is -1.16. The van der Waals surface area contributed by atoms with E-state index in [0.717, 1.165) is 0 Å². The Kier molecular flexibility index (Phi) is 1.69. The second-order valence-corrected chi connectivity index (χ2v) is 2.96. The standard InChI is InChI=1S/C8H10N2O2/c1-6(11)7-2-9-10(3-7)8-4-12-5-8/h2-3,8H,4-5H2,1H3. The lowest BCUT2D eigenvalue weighted by molar-refractivity contribution is -0.0286. The molecule has 0 bridgehead atoms. The van der Waals surface area contributed by atoms with Crippen LogP contribution >= 0.6 is 0 Å². The lowest BCUT2D eigenvalue weighted by Crippen LogP contribution is -2.30. The van der Waals surface area contributed by atoms with E-state index in [2.05, 4.69) is 5.10 Å². The Balaban J connectivity index is 2.17. The molecule has 1 aliphatic heterocycles. The van der Waals surface area contributed by atoms with Crippen molar-refractivity contribution < 1.29 is 9.53 Å². The number of nitrogens with zero attached hydrogens (tertiary/aromatic N) is 2. The van der Waals surface area contributed by atoms with Gasteiger partial charge in [0.2, 0.25) is 0 Å². The van der Waals surface area contributed by atoms with Crippen molar-refractivity contribution in [2.45, 2.75) is 13.0 Å². The lowest BCUT2D eigenvalue weighted by Gasteiger charge is -2.25. The average Bonchev–Trinajstić information content (AvgIpc) is 2.32. The zero-order valence-electron chi connectivity index (χ0n) is 6.86. The molecule has 1 aromatic rings. The first-order chi connectivity index (χ1) is 5.77. The van der Waals surface area contributed by atoms with Gasteiger partial charge in [-0.25, -0.2) is 0 Å². The zero-order valence-corrected chi connectivity index (χ0v) is 6.86. The summed E-state index contributed by atoms with van der Waals surface area (Å²) in [6, 6.07) is 0.332. The summed E-state index contributed by atoms with van der Waals surface area (Å²) < 4.78 is 6.81. The summed E-state index contributed by atoms with van der Waals surface area (Å²) in [7, 11) is 0. The molecule has 1 fully saturated rings. The predicted octanol–water partition coefficient (Wildman–Crippen LogP) is 0.657. The first-order valence-electron chi connectivity index (χ1n) is 3.90. The van der Waals surface area contributed by atoms with Crippen molar-refractivity contribution in [1.82, 2.24) is 9.78 Å². The van der Waals surface area contributed by atoms with Crippen LogP contribution in [-0.4, -0.2) is 28.8 Å². The van der Waals surface area contributed by atoms with Crippen LogP contribution in [0.1, 0.15) is 23.3 Å². The van der Waals surface area contributed by atoms with Crippen LogP contribution in [0.4, 0.5) is 0 Å². The normalized spacial score (nSPS) is 17.4. The van der Waals surface area contributed by atoms with Crippen LogP contribution in [0.25, 0.3) is 0 Å². The third-order valence-electron chi connectivity index (χ3n) is 2.00. The van der Waals surface area contributed by atoms with Crippen LogP contribution in [0.2, 0.25) is 0 Å². The largest absolute Gasteiger partial charge is 0.377 e. The molecule has 1 aliphatic rings. The fourth-order valence-corrected chi connectivity index (χ4v) is 1.10. The third-order valence-corrected chi connectivity index (χ3v) is 2.00. The van der Waals surface area contributed by atoms with Crippen molar-refractivity contribution in [3.63, 3.8) is 0 Å². The van der Waals surface area contributed by atoms with Crippen molar-refractivity contribution >= 4 is 5.78 Å². The van der Waals surface area contributed by atoms with E-state index in [4.69, 9.17) is 4.74 Å². The highest BCUT2D eigenvalue weighted by molar-refractivity contribution is 5.93. The lowest BCUT2D eigenvalue weighted by atomic mass is 10.2. The minimum Gasteiger partial charge on any atom is -0.377 e. The van der Waals surface area contributed by atoms with Crippen LogP contribution in [0.5, 0.6) is 0 Å². The average molecular weight is 166 g/mol. The maximum Gasteiger partial charge on any atom is 0.162 e. The molecule has 0 spiro atoms. The predicted molar refractivity (Wildman–Crippen MR) is 42.1 cm³/mol. The fourth-order valence-electron chi connectivity index (χ4n) is 1.10. The van der Waals surface area contributed by atoms with Gasteiger partial charge in [-0.05, 0) is 6.92 Å². The van der Waals surface area contributed by atoms with Gasteiger partial charge in [-0.15, -0.1) is 0 Å². The topological polar surface area (TPSA) is 44.1 Å². The van der Waals surface area contributed by atoms with Crippen LogP contribution < -0.4 is 0 Å². The molecule has 2 rings (SSSR count). The van der Waals surface area contributed by atoms with Crippen molar-refractivity contribution in [2.24, 2.45) is 0 Å². The maximum atomic E-state index is 10.9. The summed E-state index contributed by atoms with van der Waals surface area (Å²) in [5, 5.41) is 4.08. The molecular formula is C8H10N2O2. The summed E-state index contributed by atoms with van der Waals surface area (Å²) >= 11 is 0. The van der Waals surface area contributed by atoms with Gasteiger partial charge in [0.05, 0.1) is 31.0 Å². The number of hydrogen-bond donors (Lipinski definition) is 0. The van der Waals surface area contributed by atoms with E-state index in [1.807, 2.05) is 0 Å². The molecule has 0 radical (unpaired) electrons. The first kappa shape index (κ1) is 7.49. The second-order valence-electron chi connectivity index (χ2n) is 2.96. The Morgan fingerprint density at radius 3 is 2.92 bits per heavy atom. The van der Waals surface area contributed by atoms with E-state index >= 15 is 0 Å². The molecule has 4 nitrogen and oxygen atoms in total. The molecule has 1 aromatic heterocycles. The Labute approximate surface area is 70.1 Å². The summed E-state index contributed by atoms with van der Waals surface area (Å²) in [4.78, 5) is 10.9. The molecule has 0 N–H and O–H groups in total. The van der Waals surface area contributed by atoms with E-state index in [1.54, 1.807) is 24.0 Å². The molecule has 1 saturated heterocycles. The number of carbonyl (C=O) groups excluding carboxylic acids is 1. The van der Waals surface area contributed by atoms with Gasteiger partial charge in [0, 0.05) is 6.20 Å². The van der Waals surface area contributed by atoms with Gasteiger partial charge in [0.25, 0.3) is 0 Å². The van der Waals surface area contributed by atoms with Crippen molar-refractivity contribution in [3.8, 4) is 0 Å². The van der Waals surface area contributed by atoms with E-state index in [1.165, 1.54) is 0 Å². The zero-order chi connectivity index (χ0) is 8.55. The summed E-state index contributed by atoms with van der Waals surface area (Å²) in [5.74, 6) is 0.0569. The van der Waals surface area contributed by atoms with Gasteiger partial charge in [0.15, 0.2) is 5.78 Å². The summed E-state index contributed by atoms with van der Waals surface area (Å²) in [6.45, 7) is 2.96. The smallest absolute Gasteiger partial charge is 0.162 e. The van der Waals surface area contributed by atoms with Crippen LogP contribution in [0.15, 0.2) is 12.4 Å². The Morgan fingerprint density at radius 1 is 1.75 bits per heavy atom. The third kappa shape index (κ3) is 1.14. The molecule has 64 valence electrons. The highest BCUT2D eigenvalue weighted by Gasteiger charge is 2.21. The molecule has 0 atom stereocenters. The quantitative estimate of drug-likeness (QED) is 0.606. The highest BCUT2D eigenvalue weighted by Crippen LogP contribution is 2.16. The van der Waals surface area contributed by atoms with E-state index in [9.17, 15) is 4.79 Å². The Morgan fingerprint density at radius 2 is 2.50 bits per heavy atom. The molecule has 0 aromatic carbocycles. The fraction of sp³-hybridized carbons (Fsp3) is 0.500. The number of aromatic nitrogens is 2. The molecule has 0 saturated carbocycles. The van der Waals surface area contributed by atoms with Gasteiger partial charge in [0.1, 0.15) is 0 Å². The van der Waals surface area contributed by atoms with E-state index in [-0.39, 0.29) is 5.78 Å². The molecular weight excluding hydrogens is 156 g/mol. The molecule has 0 amide bonds. The minimum absolute atomic E-state index is 0.0569. The molecule has 4 heteroatoms. The number of ketones is 1. The number of rotatable bonds is 2. The van der Waals surface area contributed by atoms with Gasteiger partial charge in [-0.3, -0.25) is 9.48 Å². The SMILES string of the molecule is CC(=O)c1cnn(C2COC2)c1. The van der Waals surface area contributed by atoms with Crippen molar-refractivity contribution in [2.75, 3.05) is 13.2 Å². The second kappa shape index (κ2) is 2.71. The minimum atomic E-state index is 0.0569. The summed E-state index contributed by atoms with van der Waals surface area (Å²) in [6.07, 6.45) is 3.37. The molecule has 2 heterocycles. The van der Waals surface area contributed by atoms with E-state index < -0.39 is 0 Å². The van der Waals surface area contributed by atoms with E-state index in [0.29, 0.717) is 24.8 Å². The van der Waals surface area contributed by atoms with Gasteiger partial charge >= 0.3 is 0 Å². The Bertz CT molecular complexity index is 302. The molecule has 0 aliphatic carbocycles. The van der Waals surface area contributed by atoms with Crippen LogP contribution in [-0.2, 0) is 4.74 Å². The maximum absolute atomic E-state index is 10.9. The van der Waals surface area contributed by atoms with Crippen molar-refractivity contribution in [3.05, 3.63) is 18.0 Å². The monoisotopic (exact) mass is 166 g/mol. The number of carbonyl (C=O) groups is 1. The van der Waals surface area contributed by atoms with Gasteiger partial charge in [-0.2, -0.15) is 5.10 Å². The highest BCUT2D eigenvalue weighted by atomic mass is 16.5.